The van der Waals surface area contributed by atoms with Gasteiger partial charge in [0.25, 0.3) is 0 Å². The van der Waals surface area contributed by atoms with E-state index in [2.05, 4.69) is 16.0 Å². The highest BCUT2D eigenvalue weighted by atomic mass is 19.1. The number of amides is 6. The zero-order chi connectivity index (χ0) is 41.0. The number of ether oxygens (including phenoxy) is 2. The lowest BCUT2D eigenvalue weighted by Gasteiger charge is -2.39. The second-order valence-corrected chi connectivity index (χ2v) is 15.3. The lowest BCUT2D eigenvalue weighted by Crippen LogP contribution is -2.63. The lowest BCUT2D eigenvalue weighted by atomic mass is 10.0. The maximum absolute atomic E-state index is 14.5. The van der Waals surface area contributed by atoms with Gasteiger partial charge in [-0.1, -0.05) is 36.8 Å². The largest absolute Gasteiger partial charge is 0.461 e. The van der Waals surface area contributed by atoms with E-state index in [-0.39, 0.29) is 70.0 Å². The summed E-state index contributed by atoms with van der Waals surface area (Å²) < 4.78 is 39.8. The van der Waals surface area contributed by atoms with Crippen molar-refractivity contribution in [2.24, 2.45) is 5.92 Å². The molecule has 6 amide bonds. The third-order valence-electron chi connectivity index (χ3n) is 10.8. The SMILES string of the molecule is Cc1ccc(CC(=O)N[C@@H](Cc2cc(F)cc(F)c2)C(=O)N[C@H]2COC(=O)[C@@H]3C[C@@H](C)CN3C(=O)[C@H](C)NC(=O)[C@@H]3COCCN3C(=O)[C@@H]3CCCN3C2=O)cc1. The van der Waals surface area contributed by atoms with Gasteiger partial charge in [0.05, 0.1) is 19.6 Å². The number of cyclic esters (lactones) is 1. The Hall–Kier alpha value is -5.45. The number of carbonyl (C=O) groups excluding carboxylic acids is 7. The first-order valence-electron chi connectivity index (χ1n) is 19.2. The van der Waals surface area contributed by atoms with Crippen molar-refractivity contribution in [3.8, 4) is 0 Å². The Morgan fingerprint density at radius 1 is 0.860 bits per heavy atom. The molecule has 0 spiro atoms. The minimum absolute atomic E-state index is 0.0441. The van der Waals surface area contributed by atoms with Crippen molar-refractivity contribution in [2.75, 3.05) is 39.5 Å². The van der Waals surface area contributed by atoms with Crippen molar-refractivity contribution in [3.63, 3.8) is 0 Å². The molecule has 0 saturated carbocycles. The summed E-state index contributed by atoms with van der Waals surface area (Å²) in [4.78, 5) is 101. The topological polar surface area (TPSA) is 184 Å². The quantitative estimate of drug-likeness (QED) is 0.337. The van der Waals surface area contributed by atoms with Gasteiger partial charge in [0.1, 0.15) is 54.5 Å². The van der Waals surface area contributed by atoms with Gasteiger partial charge < -0.3 is 40.1 Å². The van der Waals surface area contributed by atoms with E-state index in [1.165, 1.54) is 21.6 Å². The number of nitrogens with one attached hydrogen (secondary N) is 3. The smallest absolute Gasteiger partial charge is 0.328 e. The minimum atomic E-state index is -1.59. The van der Waals surface area contributed by atoms with Crippen molar-refractivity contribution in [3.05, 3.63) is 70.8 Å². The van der Waals surface area contributed by atoms with Crippen LogP contribution in [0.4, 0.5) is 8.78 Å². The summed E-state index contributed by atoms with van der Waals surface area (Å²) in [7, 11) is 0. The molecule has 3 N–H and O–H groups in total. The summed E-state index contributed by atoms with van der Waals surface area (Å²) >= 11 is 0. The second-order valence-electron chi connectivity index (χ2n) is 15.3. The van der Waals surface area contributed by atoms with Gasteiger partial charge in [-0.2, -0.15) is 0 Å². The summed E-state index contributed by atoms with van der Waals surface area (Å²) in [5.74, 6) is -6.74. The highest BCUT2D eigenvalue weighted by Crippen LogP contribution is 2.27. The lowest BCUT2D eigenvalue weighted by molar-refractivity contribution is -0.160. The van der Waals surface area contributed by atoms with Crippen molar-refractivity contribution in [1.29, 1.82) is 0 Å². The monoisotopic (exact) mass is 794 g/mol. The van der Waals surface area contributed by atoms with Gasteiger partial charge in [-0.3, -0.25) is 28.8 Å². The molecule has 4 heterocycles. The Bertz CT molecular complexity index is 1880. The number of nitrogens with zero attached hydrogens (tertiary/aromatic N) is 3. The number of benzene rings is 2. The van der Waals surface area contributed by atoms with Crippen LogP contribution in [0.1, 0.15) is 49.8 Å². The molecule has 2 aromatic rings. The minimum Gasteiger partial charge on any atom is -0.461 e. The van der Waals surface area contributed by atoms with Crippen LogP contribution >= 0.6 is 0 Å². The average molecular weight is 795 g/mol. The van der Waals surface area contributed by atoms with Gasteiger partial charge in [-0.25, -0.2) is 13.6 Å². The summed E-state index contributed by atoms with van der Waals surface area (Å²) in [6.07, 6.45) is 0.383. The van der Waals surface area contributed by atoms with Gasteiger partial charge >= 0.3 is 5.97 Å². The highest BCUT2D eigenvalue weighted by Gasteiger charge is 2.46. The summed E-state index contributed by atoms with van der Waals surface area (Å²) in [6, 6.07) is 2.53. The summed E-state index contributed by atoms with van der Waals surface area (Å²) in [5.41, 5.74) is 1.65. The Balaban J connectivity index is 1.31. The zero-order valence-electron chi connectivity index (χ0n) is 32.1. The van der Waals surface area contributed by atoms with E-state index < -0.39 is 95.9 Å². The van der Waals surface area contributed by atoms with Crippen LogP contribution in [0, 0.1) is 24.5 Å². The van der Waals surface area contributed by atoms with Crippen molar-refractivity contribution < 1.29 is 51.8 Å². The first kappa shape index (κ1) is 41.2. The fraction of sp³-hybridized carbons (Fsp3) is 0.525. The van der Waals surface area contributed by atoms with Crippen LogP contribution in [0.25, 0.3) is 0 Å². The maximum Gasteiger partial charge on any atom is 0.328 e. The van der Waals surface area contributed by atoms with Crippen molar-refractivity contribution in [1.82, 2.24) is 30.7 Å². The first-order chi connectivity index (χ1) is 27.2. The molecule has 2 aromatic carbocycles. The number of hydrogen-bond acceptors (Lipinski definition) is 9. The number of rotatable bonds is 7. The molecule has 4 fully saturated rings. The molecule has 0 aliphatic carbocycles. The number of hydrogen-bond donors (Lipinski definition) is 3. The number of aryl methyl sites for hydroxylation is 1. The van der Waals surface area contributed by atoms with E-state index in [0.717, 1.165) is 17.7 Å². The summed E-state index contributed by atoms with van der Waals surface area (Å²) in [6.45, 7) is 4.87. The predicted molar refractivity (Wildman–Crippen MR) is 198 cm³/mol. The van der Waals surface area contributed by atoms with Crippen LogP contribution in [-0.4, -0.2) is 132 Å². The van der Waals surface area contributed by atoms with Crippen molar-refractivity contribution >= 4 is 41.4 Å². The molecule has 0 aromatic heterocycles. The second kappa shape index (κ2) is 17.8. The normalized spacial score (nSPS) is 26.5. The molecule has 57 heavy (non-hydrogen) atoms. The molecule has 15 nitrogen and oxygen atoms in total. The van der Waals surface area contributed by atoms with Gasteiger partial charge in [0.15, 0.2) is 0 Å². The molecule has 4 saturated heterocycles. The maximum atomic E-state index is 14.5. The molecule has 306 valence electrons. The molecule has 0 bridgehead atoms. The highest BCUT2D eigenvalue weighted by molar-refractivity contribution is 5.98. The Kier molecular flexibility index (Phi) is 12.8. The fourth-order valence-electron chi connectivity index (χ4n) is 7.92. The van der Waals surface area contributed by atoms with Crippen LogP contribution in [-0.2, 0) is 55.9 Å². The predicted octanol–water partition coefficient (Wildman–Crippen LogP) is 0.545. The van der Waals surface area contributed by atoms with E-state index in [9.17, 15) is 42.3 Å². The molecule has 0 radical (unpaired) electrons. The van der Waals surface area contributed by atoms with Gasteiger partial charge in [-0.15, -0.1) is 0 Å². The van der Waals surface area contributed by atoms with E-state index >= 15 is 0 Å². The van der Waals surface area contributed by atoms with Crippen LogP contribution in [0.5, 0.6) is 0 Å². The number of carbonyl (C=O) groups is 7. The van der Waals surface area contributed by atoms with Crippen molar-refractivity contribution in [2.45, 2.75) is 89.1 Å². The van der Waals surface area contributed by atoms with Crippen LogP contribution in [0.2, 0.25) is 0 Å². The van der Waals surface area contributed by atoms with Gasteiger partial charge in [0, 0.05) is 32.1 Å². The molecule has 6 rings (SSSR count). The third kappa shape index (κ3) is 9.75. The number of fused-ring (bicyclic) bond motifs is 3. The zero-order valence-corrected chi connectivity index (χ0v) is 32.1. The van der Waals surface area contributed by atoms with Crippen LogP contribution in [0.15, 0.2) is 42.5 Å². The van der Waals surface area contributed by atoms with Crippen LogP contribution < -0.4 is 16.0 Å². The van der Waals surface area contributed by atoms with Gasteiger partial charge in [0.2, 0.25) is 35.4 Å². The Morgan fingerprint density at radius 3 is 2.28 bits per heavy atom. The molecule has 0 unspecified atom stereocenters. The van der Waals surface area contributed by atoms with E-state index in [1.54, 1.807) is 12.1 Å². The Morgan fingerprint density at radius 2 is 1.56 bits per heavy atom. The number of morpholine rings is 1. The van der Waals surface area contributed by atoms with E-state index in [4.69, 9.17) is 9.47 Å². The average Bonchev–Trinajstić information content (AvgIpc) is 3.82. The molecule has 7 atom stereocenters. The number of halogens is 2. The Labute approximate surface area is 328 Å². The van der Waals surface area contributed by atoms with Crippen LogP contribution in [0.3, 0.4) is 0 Å². The number of esters is 1. The van der Waals surface area contributed by atoms with E-state index in [1.807, 2.05) is 26.0 Å². The first-order valence-corrected chi connectivity index (χ1v) is 19.2. The standard InChI is InChI=1S/C40H48F2N6O9/c1-22-6-8-25(9-7-22)17-34(49)44-29(16-26-14-27(41)18-28(42)15-26)35(50)45-30-20-57-40(55)32-13-23(2)19-48(32)37(52)24(3)43-36(51)33-21-56-12-11-47(33)39(54)31-5-4-10-46(31)38(30)53/h6-9,14-15,18,23-24,29-33H,4-5,10-13,16-17,19-21H2,1-3H3,(H,43,51)(H,44,49)(H,45,50)/t23-,24+,29+,30+,31+,32+,33+/m1/s1. The molecule has 17 heteroatoms. The molecule has 4 aliphatic rings. The van der Waals surface area contributed by atoms with E-state index in [0.29, 0.717) is 18.1 Å². The van der Waals surface area contributed by atoms with Gasteiger partial charge in [-0.05, 0) is 62.3 Å². The summed E-state index contributed by atoms with van der Waals surface area (Å²) in [5, 5.41) is 7.90. The third-order valence-corrected chi connectivity index (χ3v) is 10.8. The molecule has 4 aliphatic heterocycles. The fourth-order valence-corrected chi connectivity index (χ4v) is 7.92. The molecular formula is C40H48F2N6O9. The molecular weight excluding hydrogens is 746 g/mol.